The number of nitrogens with one attached hydrogen (secondary N) is 1. The lowest BCUT2D eigenvalue weighted by molar-refractivity contribution is 0.224. The third-order valence-electron chi connectivity index (χ3n) is 5.78. The van der Waals surface area contributed by atoms with Crippen molar-refractivity contribution in [1.29, 1.82) is 0 Å². The van der Waals surface area contributed by atoms with Crippen LogP contribution in [0.1, 0.15) is 56.4 Å². The molecular weight excluding hydrogens is 324 g/mol. The molecule has 3 rings (SSSR count). The Morgan fingerprint density at radius 2 is 2.04 bits per heavy atom. The molecule has 0 spiro atoms. The van der Waals surface area contributed by atoms with E-state index in [1.807, 2.05) is 25.0 Å². The number of aliphatic imine (C=N–C) groups is 1. The lowest BCUT2D eigenvalue weighted by Crippen LogP contribution is -2.40. The summed E-state index contributed by atoms with van der Waals surface area (Å²) in [7, 11) is 3.89. The molecule has 2 aliphatic rings. The summed E-state index contributed by atoms with van der Waals surface area (Å²) in [5.41, 5.74) is 1.35. The number of likely N-dealkylation sites (tertiary alicyclic amines) is 2. The van der Waals surface area contributed by atoms with Crippen LogP contribution in [0.2, 0.25) is 0 Å². The van der Waals surface area contributed by atoms with Gasteiger partial charge < -0.3 is 15.1 Å². The van der Waals surface area contributed by atoms with Gasteiger partial charge in [-0.05, 0) is 57.3 Å². The van der Waals surface area contributed by atoms with Gasteiger partial charge in [-0.25, -0.2) is 0 Å². The van der Waals surface area contributed by atoms with E-state index >= 15 is 0 Å². The van der Waals surface area contributed by atoms with Crippen molar-refractivity contribution in [2.75, 3.05) is 46.3 Å². The number of aryl methyl sites for hydroxylation is 1. The number of unbranched alkanes of at least 4 members (excludes halogenated alkanes) is 2. The van der Waals surface area contributed by atoms with Gasteiger partial charge in [0.15, 0.2) is 5.96 Å². The highest BCUT2D eigenvalue weighted by atomic mass is 15.3. The van der Waals surface area contributed by atoms with Gasteiger partial charge in [0.25, 0.3) is 0 Å². The first-order valence-corrected chi connectivity index (χ1v) is 10.4. The second-order valence-corrected chi connectivity index (χ2v) is 7.82. The smallest absolute Gasteiger partial charge is 0.193 e. The van der Waals surface area contributed by atoms with Gasteiger partial charge in [0.05, 0.1) is 6.20 Å². The van der Waals surface area contributed by atoms with Crippen LogP contribution in [0.25, 0.3) is 0 Å². The van der Waals surface area contributed by atoms with Crippen molar-refractivity contribution in [1.82, 2.24) is 24.9 Å². The van der Waals surface area contributed by atoms with E-state index in [9.17, 15) is 0 Å². The molecule has 2 fully saturated rings. The maximum absolute atomic E-state index is 4.50. The summed E-state index contributed by atoms with van der Waals surface area (Å²) in [5, 5.41) is 7.88. The van der Waals surface area contributed by atoms with E-state index < -0.39 is 0 Å². The van der Waals surface area contributed by atoms with E-state index in [2.05, 4.69) is 31.4 Å². The van der Waals surface area contributed by atoms with Crippen LogP contribution in [-0.4, -0.2) is 71.9 Å². The molecule has 0 aromatic carbocycles. The summed E-state index contributed by atoms with van der Waals surface area (Å²) in [5.74, 6) is 1.64. The van der Waals surface area contributed by atoms with E-state index in [0.717, 1.165) is 25.6 Å². The zero-order chi connectivity index (χ0) is 18.2. The first kappa shape index (κ1) is 19.2. The highest BCUT2D eigenvalue weighted by molar-refractivity contribution is 5.80. The molecule has 6 heteroatoms. The summed E-state index contributed by atoms with van der Waals surface area (Å²) in [6.45, 7) is 7.07. The molecule has 2 saturated heterocycles. The zero-order valence-electron chi connectivity index (χ0n) is 16.7. The molecule has 0 bridgehead atoms. The number of nitrogens with zero attached hydrogens (tertiary/aromatic N) is 5. The average Bonchev–Trinajstić information content (AvgIpc) is 3.31. The molecule has 1 unspecified atom stereocenters. The standard InChI is InChI=1S/C20H36N6/c1-21-20(22-10-5-3-6-11-25-12-7-4-8-13-25)26-14-9-18(17-26)19-15-23-24(2)16-19/h15-16,18H,3-14,17H2,1-2H3,(H,21,22). The van der Waals surface area contributed by atoms with Crippen LogP contribution in [0.5, 0.6) is 0 Å². The number of aromatic nitrogens is 2. The Morgan fingerprint density at radius 3 is 2.77 bits per heavy atom. The van der Waals surface area contributed by atoms with Crippen LogP contribution in [0.3, 0.4) is 0 Å². The average molecular weight is 361 g/mol. The van der Waals surface area contributed by atoms with Crippen LogP contribution < -0.4 is 5.32 Å². The number of hydrogen-bond donors (Lipinski definition) is 1. The molecule has 146 valence electrons. The largest absolute Gasteiger partial charge is 0.356 e. The van der Waals surface area contributed by atoms with Gasteiger partial charge in [-0.15, -0.1) is 0 Å². The highest BCUT2D eigenvalue weighted by Crippen LogP contribution is 2.26. The van der Waals surface area contributed by atoms with Crippen LogP contribution >= 0.6 is 0 Å². The number of guanidine groups is 1. The van der Waals surface area contributed by atoms with Gasteiger partial charge in [0.2, 0.25) is 0 Å². The van der Waals surface area contributed by atoms with E-state index in [0.29, 0.717) is 5.92 Å². The summed E-state index contributed by atoms with van der Waals surface area (Å²) in [6, 6.07) is 0. The maximum Gasteiger partial charge on any atom is 0.193 e. The first-order chi connectivity index (χ1) is 12.8. The van der Waals surface area contributed by atoms with Crippen LogP contribution in [0, 0.1) is 0 Å². The third-order valence-corrected chi connectivity index (χ3v) is 5.78. The molecule has 2 aliphatic heterocycles. The third kappa shape index (κ3) is 5.47. The fraction of sp³-hybridized carbons (Fsp3) is 0.800. The first-order valence-electron chi connectivity index (χ1n) is 10.4. The number of piperidine rings is 1. The zero-order valence-corrected chi connectivity index (χ0v) is 16.7. The highest BCUT2D eigenvalue weighted by Gasteiger charge is 2.26. The van der Waals surface area contributed by atoms with Gasteiger partial charge in [0, 0.05) is 45.8 Å². The van der Waals surface area contributed by atoms with Gasteiger partial charge >= 0.3 is 0 Å². The topological polar surface area (TPSA) is 48.7 Å². The second-order valence-electron chi connectivity index (χ2n) is 7.82. The SMILES string of the molecule is CN=C(NCCCCCN1CCCCC1)N1CCC(c2cnn(C)c2)C1. The van der Waals surface area contributed by atoms with Gasteiger partial charge in [-0.2, -0.15) is 5.10 Å². The van der Waals surface area contributed by atoms with E-state index in [4.69, 9.17) is 0 Å². The molecule has 26 heavy (non-hydrogen) atoms. The second kappa shape index (κ2) is 9.95. The van der Waals surface area contributed by atoms with Crippen molar-refractivity contribution >= 4 is 5.96 Å². The van der Waals surface area contributed by atoms with Crippen LogP contribution in [0.4, 0.5) is 0 Å². The van der Waals surface area contributed by atoms with Crippen molar-refractivity contribution < 1.29 is 0 Å². The summed E-state index contributed by atoms with van der Waals surface area (Å²) < 4.78 is 1.90. The Labute approximate surface area is 158 Å². The van der Waals surface area contributed by atoms with Crippen molar-refractivity contribution in [2.24, 2.45) is 12.0 Å². The van der Waals surface area contributed by atoms with Crippen molar-refractivity contribution in [3.63, 3.8) is 0 Å². The number of hydrogen-bond acceptors (Lipinski definition) is 3. The predicted octanol–water partition coefficient (Wildman–Crippen LogP) is 2.44. The molecule has 0 saturated carbocycles. The Balaban J connectivity index is 1.31. The molecule has 6 nitrogen and oxygen atoms in total. The van der Waals surface area contributed by atoms with Crippen LogP contribution in [0.15, 0.2) is 17.4 Å². The molecule has 0 aliphatic carbocycles. The van der Waals surface area contributed by atoms with E-state index in [1.54, 1.807) is 0 Å². The van der Waals surface area contributed by atoms with Gasteiger partial charge in [0.1, 0.15) is 0 Å². The fourth-order valence-electron chi connectivity index (χ4n) is 4.23. The van der Waals surface area contributed by atoms with Crippen molar-refractivity contribution in [3.05, 3.63) is 18.0 Å². The summed E-state index contributed by atoms with van der Waals surface area (Å²) in [6.07, 6.45) is 13.4. The van der Waals surface area contributed by atoms with E-state index in [1.165, 1.54) is 70.1 Å². The quantitative estimate of drug-likeness (QED) is 0.461. The lowest BCUT2D eigenvalue weighted by Gasteiger charge is -2.26. The Bertz CT molecular complexity index is 560. The minimum Gasteiger partial charge on any atom is -0.356 e. The summed E-state index contributed by atoms with van der Waals surface area (Å²) in [4.78, 5) is 9.53. The number of rotatable bonds is 7. The monoisotopic (exact) mass is 360 g/mol. The molecule has 1 atom stereocenters. The molecule has 1 N–H and O–H groups in total. The Morgan fingerprint density at radius 1 is 1.19 bits per heavy atom. The minimum absolute atomic E-state index is 0.576. The van der Waals surface area contributed by atoms with Crippen molar-refractivity contribution in [2.45, 2.75) is 50.9 Å². The predicted molar refractivity (Wildman–Crippen MR) is 108 cm³/mol. The molecular formula is C20H36N6. The molecule has 1 aromatic heterocycles. The van der Waals surface area contributed by atoms with Gasteiger partial charge in [-0.1, -0.05) is 12.8 Å². The lowest BCUT2D eigenvalue weighted by atomic mass is 10.0. The molecule has 1 aromatic rings. The molecule has 0 radical (unpaired) electrons. The van der Waals surface area contributed by atoms with Crippen LogP contribution in [-0.2, 0) is 7.05 Å². The minimum atomic E-state index is 0.576. The van der Waals surface area contributed by atoms with E-state index in [-0.39, 0.29) is 0 Å². The fourth-order valence-corrected chi connectivity index (χ4v) is 4.23. The molecule has 0 amide bonds. The summed E-state index contributed by atoms with van der Waals surface area (Å²) >= 11 is 0. The normalized spacial score (nSPS) is 22.2. The van der Waals surface area contributed by atoms with Crippen molar-refractivity contribution in [3.8, 4) is 0 Å². The maximum atomic E-state index is 4.50. The van der Waals surface area contributed by atoms with Gasteiger partial charge in [-0.3, -0.25) is 9.67 Å². The molecule has 3 heterocycles. The Hall–Kier alpha value is -1.56. The Kier molecular flexibility index (Phi) is 7.35.